The van der Waals surface area contributed by atoms with Crippen molar-refractivity contribution in [1.82, 2.24) is 0 Å². The zero-order valence-electron chi connectivity index (χ0n) is 9.96. The van der Waals surface area contributed by atoms with Crippen LogP contribution in [0.15, 0.2) is 30.3 Å². The number of nitrogens with zero attached hydrogens (tertiary/aromatic N) is 1. The first-order valence-corrected chi connectivity index (χ1v) is 5.76. The van der Waals surface area contributed by atoms with E-state index in [9.17, 15) is 14.9 Å². The molecule has 1 rings (SSSR count). The first kappa shape index (κ1) is 13.4. The molecule has 4 nitrogen and oxygen atoms in total. The van der Waals surface area contributed by atoms with Gasteiger partial charge in [0.1, 0.15) is 5.78 Å². The Bertz CT molecular complexity index is 376. The second-order valence-corrected chi connectivity index (χ2v) is 4.20. The Kier molecular flexibility index (Phi) is 5.33. The van der Waals surface area contributed by atoms with Crippen LogP contribution >= 0.6 is 0 Å². The summed E-state index contributed by atoms with van der Waals surface area (Å²) in [4.78, 5) is 21.4. The van der Waals surface area contributed by atoms with Crippen molar-refractivity contribution in [2.45, 2.75) is 38.6 Å². The number of nitro groups is 1. The summed E-state index contributed by atoms with van der Waals surface area (Å²) in [7, 11) is 0. The second-order valence-electron chi connectivity index (χ2n) is 4.20. The normalized spacial score (nSPS) is 12.1. The van der Waals surface area contributed by atoms with Crippen molar-refractivity contribution in [2.75, 3.05) is 0 Å². The molecule has 0 aliphatic heterocycles. The SMILES string of the molecule is CC(=O)CCC(CCc1ccccc1)[N+](=O)[O-]. The molecule has 4 heteroatoms. The molecule has 0 saturated heterocycles. The van der Waals surface area contributed by atoms with Crippen molar-refractivity contribution >= 4 is 5.78 Å². The zero-order chi connectivity index (χ0) is 12.7. The maximum atomic E-state index is 10.8. The van der Waals surface area contributed by atoms with E-state index < -0.39 is 6.04 Å². The lowest BCUT2D eigenvalue weighted by Gasteiger charge is -2.08. The third-order valence-electron chi connectivity index (χ3n) is 2.74. The van der Waals surface area contributed by atoms with Crippen LogP contribution in [0.3, 0.4) is 0 Å². The summed E-state index contributed by atoms with van der Waals surface area (Å²) in [6.45, 7) is 1.47. The van der Waals surface area contributed by atoms with Gasteiger partial charge in [0.25, 0.3) is 0 Å². The summed E-state index contributed by atoms with van der Waals surface area (Å²) in [6, 6.07) is 9.07. The monoisotopic (exact) mass is 235 g/mol. The number of benzene rings is 1. The van der Waals surface area contributed by atoms with E-state index in [-0.39, 0.29) is 10.7 Å². The number of hydrogen-bond acceptors (Lipinski definition) is 3. The number of ketones is 1. The van der Waals surface area contributed by atoms with Gasteiger partial charge in [-0.2, -0.15) is 0 Å². The quantitative estimate of drug-likeness (QED) is 0.539. The van der Waals surface area contributed by atoms with Gasteiger partial charge in [0, 0.05) is 24.2 Å². The summed E-state index contributed by atoms with van der Waals surface area (Å²) in [5, 5.41) is 10.8. The standard InChI is InChI=1S/C13H17NO3/c1-11(15)7-9-13(14(16)17)10-8-12-5-3-2-4-6-12/h2-6,13H,7-10H2,1H3. The van der Waals surface area contributed by atoms with Crippen LogP contribution in [0.25, 0.3) is 0 Å². The average molecular weight is 235 g/mol. The van der Waals surface area contributed by atoms with Gasteiger partial charge in [-0.3, -0.25) is 10.1 Å². The molecule has 17 heavy (non-hydrogen) atoms. The summed E-state index contributed by atoms with van der Waals surface area (Å²) in [5.41, 5.74) is 1.10. The predicted octanol–water partition coefficient (Wildman–Crippen LogP) is 2.63. The smallest absolute Gasteiger partial charge is 0.213 e. The summed E-state index contributed by atoms with van der Waals surface area (Å²) < 4.78 is 0. The Labute approximate surface area is 101 Å². The summed E-state index contributed by atoms with van der Waals surface area (Å²) in [6.07, 6.45) is 1.81. The van der Waals surface area contributed by atoms with Crippen molar-refractivity contribution in [1.29, 1.82) is 0 Å². The number of hydrogen-bond donors (Lipinski definition) is 0. The van der Waals surface area contributed by atoms with E-state index in [0.717, 1.165) is 5.56 Å². The van der Waals surface area contributed by atoms with Gasteiger partial charge in [-0.05, 0) is 18.9 Å². The topological polar surface area (TPSA) is 60.2 Å². The Morgan fingerprint density at radius 2 is 1.94 bits per heavy atom. The molecule has 0 aliphatic rings. The first-order chi connectivity index (χ1) is 8.09. The summed E-state index contributed by atoms with van der Waals surface area (Å²) >= 11 is 0. The van der Waals surface area contributed by atoms with E-state index in [1.165, 1.54) is 6.92 Å². The molecule has 0 N–H and O–H groups in total. The minimum atomic E-state index is -0.612. The average Bonchev–Trinajstić information content (AvgIpc) is 2.29. The lowest BCUT2D eigenvalue weighted by atomic mass is 10.0. The van der Waals surface area contributed by atoms with Crippen molar-refractivity contribution in [3.05, 3.63) is 46.0 Å². The number of rotatable bonds is 7. The highest BCUT2D eigenvalue weighted by Gasteiger charge is 2.20. The number of Topliss-reactive ketones (excluding diaryl/α,β-unsaturated/α-hetero) is 1. The van der Waals surface area contributed by atoms with Crippen LogP contribution in [0.1, 0.15) is 31.7 Å². The Balaban J connectivity index is 2.45. The maximum absolute atomic E-state index is 10.8. The molecule has 0 radical (unpaired) electrons. The van der Waals surface area contributed by atoms with Gasteiger partial charge < -0.3 is 4.79 Å². The van der Waals surface area contributed by atoms with Crippen molar-refractivity contribution in [2.24, 2.45) is 0 Å². The minimum absolute atomic E-state index is 0.0107. The highest BCUT2D eigenvalue weighted by atomic mass is 16.6. The van der Waals surface area contributed by atoms with Gasteiger partial charge >= 0.3 is 0 Å². The maximum Gasteiger partial charge on any atom is 0.213 e. The highest BCUT2D eigenvalue weighted by Crippen LogP contribution is 2.11. The van der Waals surface area contributed by atoms with Crippen LogP contribution in [0.2, 0.25) is 0 Å². The van der Waals surface area contributed by atoms with Crippen LogP contribution in [-0.2, 0) is 11.2 Å². The molecule has 0 saturated carbocycles. The summed E-state index contributed by atoms with van der Waals surface area (Å²) in [5.74, 6) is 0.0107. The molecule has 0 spiro atoms. The second kappa shape index (κ2) is 6.78. The molecular formula is C13H17NO3. The molecule has 1 aromatic rings. The third-order valence-corrected chi connectivity index (χ3v) is 2.74. The molecule has 0 aliphatic carbocycles. The van der Waals surface area contributed by atoms with E-state index in [4.69, 9.17) is 0 Å². The molecular weight excluding hydrogens is 218 g/mol. The van der Waals surface area contributed by atoms with Crippen LogP contribution in [0, 0.1) is 10.1 Å². The van der Waals surface area contributed by atoms with Crippen LogP contribution < -0.4 is 0 Å². The minimum Gasteiger partial charge on any atom is -0.300 e. The Morgan fingerprint density at radius 1 is 1.29 bits per heavy atom. The van der Waals surface area contributed by atoms with E-state index >= 15 is 0 Å². The van der Waals surface area contributed by atoms with Crippen molar-refractivity contribution < 1.29 is 9.72 Å². The molecule has 0 fully saturated rings. The van der Waals surface area contributed by atoms with Crippen LogP contribution in [-0.4, -0.2) is 16.7 Å². The van der Waals surface area contributed by atoms with Crippen LogP contribution in [0.4, 0.5) is 0 Å². The molecule has 1 unspecified atom stereocenters. The fourth-order valence-corrected chi connectivity index (χ4v) is 1.70. The molecule has 0 bridgehead atoms. The lowest BCUT2D eigenvalue weighted by Crippen LogP contribution is -2.21. The van der Waals surface area contributed by atoms with E-state index in [0.29, 0.717) is 25.7 Å². The number of carbonyl (C=O) groups excluding carboxylic acids is 1. The van der Waals surface area contributed by atoms with Crippen molar-refractivity contribution in [3.8, 4) is 0 Å². The fraction of sp³-hybridized carbons (Fsp3) is 0.462. The molecule has 1 atom stereocenters. The lowest BCUT2D eigenvalue weighted by molar-refractivity contribution is -0.524. The van der Waals surface area contributed by atoms with Crippen LogP contribution in [0.5, 0.6) is 0 Å². The highest BCUT2D eigenvalue weighted by molar-refractivity contribution is 5.75. The number of aryl methyl sites for hydroxylation is 1. The first-order valence-electron chi connectivity index (χ1n) is 5.76. The Hall–Kier alpha value is -1.71. The molecule has 0 heterocycles. The largest absolute Gasteiger partial charge is 0.300 e. The van der Waals surface area contributed by atoms with E-state index in [1.54, 1.807) is 0 Å². The third kappa shape index (κ3) is 5.24. The van der Waals surface area contributed by atoms with Gasteiger partial charge in [0.2, 0.25) is 6.04 Å². The van der Waals surface area contributed by atoms with Gasteiger partial charge in [-0.15, -0.1) is 0 Å². The zero-order valence-corrected chi connectivity index (χ0v) is 9.96. The molecule has 92 valence electrons. The van der Waals surface area contributed by atoms with Gasteiger partial charge in [0.15, 0.2) is 0 Å². The Morgan fingerprint density at radius 3 is 2.47 bits per heavy atom. The van der Waals surface area contributed by atoms with E-state index in [2.05, 4.69) is 0 Å². The molecule has 0 amide bonds. The van der Waals surface area contributed by atoms with Crippen molar-refractivity contribution in [3.63, 3.8) is 0 Å². The van der Waals surface area contributed by atoms with Gasteiger partial charge in [0.05, 0.1) is 0 Å². The predicted molar refractivity (Wildman–Crippen MR) is 65.5 cm³/mol. The molecule has 1 aromatic carbocycles. The van der Waals surface area contributed by atoms with E-state index in [1.807, 2.05) is 30.3 Å². The fourth-order valence-electron chi connectivity index (χ4n) is 1.70. The number of carbonyl (C=O) groups is 1. The van der Waals surface area contributed by atoms with Gasteiger partial charge in [-0.25, -0.2) is 0 Å². The van der Waals surface area contributed by atoms with Gasteiger partial charge in [-0.1, -0.05) is 30.3 Å². The molecule has 0 aromatic heterocycles.